The highest BCUT2D eigenvalue weighted by Crippen LogP contribution is 2.19. The topological polar surface area (TPSA) is 57.4 Å². The monoisotopic (exact) mass is 919 g/mol. The highest BCUT2D eigenvalue weighted by molar-refractivity contribution is 4.79. The van der Waals surface area contributed by atoms with E-state index in [0.717, 1.165) is 26.2 Å². The number of unbranched alkanes of at least 4 members (excludes halogenated alkanes) is 44. The lowest BCUT2D eigenvalue weighted by atomic mass is 10.1. The zero-order chi connectivity index (χ0) is 47.3. The first-order valence-electron chi connectivity index (χ1n) is 30.7. The van der Waals surface area contributed by atoms with E-state index in [1.54, 1.807) is 0 Å². The van der Waals surface area contributed by atoms with Crippen LogP contribution in [0.1, 0.15) is 350 Å². The highest BCUT2D eigenvalue weighted by Gasteiger charge is 2.35. The first-order chi connectivity index (χ1) is 31.9. The molecular weight excluding hydrogens is 793 g/mol. The van der Waals surface area contributed by atoms with Crippen LogP contribution in [0.4, 0.5) is 0 Å². The summed E-state index contributed by atoms with van der Waals surface area (Å²) in [7, 11) is 0. The van der Waals surface area contributed by atoms with Gasteiger partial charge in [0.05, 0.1) is 0 Å². The minimum absolute atomic E-state index is 0.586. The molecule has 0 aliphatic rings. The second kappa shape index (κ2) is 53.2. The smallest absolute Gasteiger partial charge is 0.175 e. The number of rotatable bonds is 58. The molecule has 0 radical (unpaired) electrons. The predicted octanol–water partition coefficient (Wildman–Crippen LogP) is 19.5. The molecule has 5 heteroatoms. The third kappa shape index (κ3) is 50.0. The molecule has 0 amide bonds. The molecule has 0 aromatic rings. The van der Waals surface area contributed by atoms with E-state index in [9.17, 15) is 0 Å². The van der Waals surface area contributed by atoms with Crippen molar-refractivity contribution in [2.45, 2.75) is 361 Å². The van der Waals surface area contributed by atoms with Gasteiger partial charge < -0.3 is 4.74 Å². The van der Waals surface area contributed by atoms with Crippen LogP contribution in [0, 0.1) is 0 Å². The second-order valence-corrected chi connectivity index (χ2v) is 21.4. The third-order valence-electron chi connectivity index (χ3n) is 14.4. The van der Waals surface area contributed by atoms with E-state index in [4.69, 9.17) is 4.74 Å². The van der Waals surface area contributed by atoms with Crippen LogP contribution >= 0.6 is 0 Å². The molecule has 0 aromatic carbocycles. The second-order valence-electron chi connectivity index (χ2n) is 21.4. The number of hydrogen-bond donors (Lipinski definition) is 4. The predicted molar refractivity (Wildman–Crippen MR) is 294 cm³/mol. The van der Waals surface area contributed by atoms with Crippen LogP contribution in [0.5, 0.6) is 0 Å². The Morgan fingerprint density at radius 2 is 0.323 bits per heavy atom. The molecule has 0 unspecified atom stereocenters. The van der Waals surface area contributed by atoms with Crippen LogP contribution in [0.3, 0.4) is 0 Å². The van der Waals surface area contributed by atoms with E-state index in [-0.39, 0.29) is 0 Å². The van der Waals surface area contributed by atoms with Gasteiger partial charge in [-0.1, -0.05) is 310 Å². The Morgan fingerprint density at radius 3 is 0.462 bits per heavy atom. The Kier molecular flexibility index (Phi) is 53.0. The van der Waals surface area contributed by atoms with Gasteiger partial charge in [0.2, 0.25) is 0 Å². The lowest BCUT2D eigenvalue weighted by Gasteiger charge is -2.42. The van der Waals surface area contributed by atoms with Crippen LogP contribution in [0.25, 0.3) is 0 Å². The summed E-state index contributed by atoms with van der Waals surface area (Å²) in [5.41, 5.74) is 0. The van der Waals surface area contributed by atoms with Crippen molar-refractivity contribution in [3.8, 4) is 0 Å². The Balaban J connectivity index is 5.11. The Bertz CT molecular complexity index is 740. The summed E-state index contributed by atoms with van der Waals surface area (Å²) >= 11 is 0. The van der Waals surface area contributed by atoms with Crippen LogP contribution < -0.4 is 21.3 Å². The quantitative estimate of drug-likeness (QED) is 0.0362. The maximum atomic E-state index is 7.21. The molecule has 0 aliphatic carbocycles. The fourth-order valence-electron chi connectivity index (χ4n) is 9.85. The molecule has 0 saturated heterocycles. The van der Waals surface area contributed by atoms with E-state index in [1.165, 1.54) is 308 Å². The first-order valence-corrected chi connectivity index (χ1v) is 30.7. The van der Waals surface area contributed by atoms with Crippen molar-refractivity contribution < 1.29 is 4.74 Å². The average molecular weight is 920 g/mol. The van der Waals surface area contributed by atoms with Gasteiger partial charge >= 0.3 is 0 Å². The van der Waals surface area contributed by atoms with Gasteiger partial charge in [0.15, 0.2) is 11.7 Å². The van der Waals surface area contributed by atoms with Gasteiger partial charge in [0.1, 0.15) is 0 Å². The van der Waals surface area contributed by atoms with Gasteiger partial charge in [0, 0.05) is 0 Å². The molecule has 0 atom stereocenters. The van der Waals surface area contributed by atoms with Crippen LogP contribution in [-0.4, -0.2) is 37.9 Å². The normalized spacial score (nSPS) is 12.3. The van der Waals surface area contributed by atoms with Crippen LogP contribution in [0.2, 0.25) is 0 Å². The van der Waals surface area contributed by atoms with Crippen molar-refractivity contribution in [2.75, 3.05) is 26.2 Å². The molecule has 0 spiro atoms. The Hall–Kier alpha value is -0.200. The largest absolute Gasteiger partial charge is 0.314 e. The molecule has 0 aliphatic heterocycles. The third-order valence-corrected chi connectivity index (χ3v) is 14.4. The summed E-state index contributed by atoms with van der Waals surface area (Å²) in [5.74, 6) is -1.17. The van der Waals surface area contributed by atoms with E-state index < -0.39 is 11.7 Å². The zero-order valence-corrected chi connectivity index (χ0v) is 46.2. The van der Waals surface area contributed by atoms with Crippen molar-refractivity contribution in [1.82, 2.24) is 21.3 Å². The van der Waals surface area contributed by atoms with Gasteiger partial charge in [0.25, 0.3) is 0 Å². The van der Waals surface area contributed by atoms with Crippen molar-refractivity contribution in [1.29, 1.82) is 0 Å². The van der Waals surface area contributed by atoms with E-state index in [0.29, 0.717) is 0 Å². The number of ether oxygens (including phenoxy) is 1. The summed E-state index contributed by atoms with van der Waals surface area (Å²) in [4.78, 5) is 0. The molecule has 4 N–H and O–H groups in total. The Labute approximate surface area is 412 Å². The summed E-state index contributed by atoms with van der Waals surface area (Å²) in [6, 6.07) is 0. The molecule has 0 heterocycles. The van der Waals surface area contributed by atoms with Gasteiger partial charge in [-0.2, -0.15) is 0 Å². The maximum Gasteiger partial charge on any atom is 0.175 e. The van der Waals surface area contributed by atoms with Crippen molar-refractivity contribution in [2.24, 2.45) is 0 Å². The minimum atomic E-state index is -0.586. The SMILES string of the molecule is CCCCCCCCCCCCCCNC(C)(NCCCCCCCCCCCCCC)OC(C)(NCCCCCCCCCCCCCC)NCCCCCCCCCCCCCC. The maximum absolute atomic E-state index is 7.21. The van der Waals surface area contributed by atoms with Crippen molar-refractivity contribution >= 4 is 0 Å². The molecular formula is C60H126N4O. The molecule has 0 bridgehead atoms. The van der Waals surface area contributed by atoms with E-state index in [2.05, 4.69) is 62.8 Å². The van der Waals surface area contributed by atoms with E-state index in [1.807, 2.05) is 0 Å². The standard InChI is InChI=1S/C60H126N4O/c1-7-11-15-19-23-27-31-35-39-43-47-51-55-61-59(5,62-56-52-48-44-40-36-32-28-24-20-16-12-8-2)65-60(6,63-57-53-49-45-41-37-33-29-25-21-17-13-9-3)64-58-54-50-46-42-38-34-30-26-22-18-14-10-4/h61-64H,7-58H2,1-6H3. The fraction of sp³-hybridized carbons (Fsp3) is 1.00. The molecule has 65 heavy (non-hydrogen) atoms. The fourth-order valence-corrected chi connectivity index (χ4v) is 9.85. The first kappa shape index (κ1) is 64.8. The molecule has 0 saturated carbocycles. The van der Waals surface area contributed by atoms with Gasteiger partial charge in [-0.15, -0.1) is 0 Å². The summed E-state index contributed by atoms with van der Waals surface area (Å²) in [5, 5.41) is 15.7. The summed E-state index contributed by atoms with van der Waals surface area (Å²) < 4.78 is 7.21. The lowest BCUT2D eigenvalue weighted by Crippen LogP contribution is -2.68. The Morgan fingerprint density at radius 1 is 0.200 bits per heavy atom. The highest BCUT2D eigenvalue weighted by atomic mass is 16.6. The van der Waals surface area contributed by atoms with Crippen LogP contribution in [-0.2, 0) is 4.74 Å². The average Bonchev–Trinajstić information content (AvgIpc) is 3.30. The van der Waals surface area contributed by atoms with Gasteiger partial charge in [-0.25, -0.2) is 0 Å². The minimum Gasteiger partial charge on any atom is -0.314 e. The van der Waals surface area contributed by atoms with Gasteiger partial charge in [-0.05, 0) is 65.7 Å². The zero-order valence-electron chi connectivity index (χ0n) is 46.2. The molecule has 0 aromatic heterocycles. The molecule has 392 valence electrons. The number of hydrogen-bond acceptors (Lipinski definition) is 5. The summed E-state index contributed by atoms with van der Waals surface area (Å²) in [6.07, 6.45) is 66.5. The molecule has 0 rings (SSSR count). The molecule has 0 fully saturated rings. The van der Waals surface area contributed by atoms with E-state index >= 15 is 0 Å². The van der Waals surface area contributed by atoms with Crippen LogP contribution in [0.15, 0.2) is 0 Å². The van der Waals surface area contributed by atoms with Crippen molar-refractivity contribution in [3.05, 3.63) is 0 Å². The lowest BCUT2D eigenvalue weighted by molar-refractivity contribution is -0.201. The van der Waals surface area contributed by atoms with Gasteiger partial charge in [-0.3, -0.25) is 21.3 Å². The molecule has 5 nitrogen and oxygen atoms in total. The summed E-state index contributed by atoms with van der Waals surface area (Å²) in [6.45, 7) is 17.8. The van der Waals surface area contributed by atoms with Crippen molar-refractivity contribution in [3.63, 3.8) is 0 Å². The number of nitrogens with one attached hydrogen (secondary N) is 4.